The summed E-state index contributed by atoms with van der Waals surface area (Å²) in [6, 6.07) is 4.39. The van der Waals surface area contributed by atoms with E-state index in [1.807, 2.05) is 0 Å². The molecule has 0 spiro atoms. The minimum atomic E-state index is -0.905. The summed E-state index contributed by atoms with van der Waals surface area (Å²) in [4.78, 5) is 10.2. The van der Waals surface area contributed by atoms with Crippen molar-refractivity contribution in [2.24, 2.45) is 0 Å². The number of halogens is 3. The Bertz CT molecular complexity index is 303. The average Bonchev–Trinajstić information content (AvgIpc) is 2.03. The van der Waals surface area contributed by atoms with Crippen LogP contribution in [0.4, 0.5) is 4.39 Å². The smallest absolute Gasteiger partial charge is 0.142 e. The Labute approximate surface area is 82.7 Å². The summed E-state index contributed by atoms with van der Waals surface area (Å²) in [6.45, 7) is 0. The third kappa shape index (κ3) is 2.05. The quantitative estimate of drug-likeness (QED) is 0.583. The molecular formula is C8H5BrClFO. The second-order valence-electron chi connectivity index (χ2n) is 2.20. The van der Waals surface area contributed by atoms with E-state index in [0.29, 0.717) is 10.8 Å². The lowest BCUT2D eigenvalue weighted by molar-refractivity contribution is -0.107. The minimum absolute atomic E-state index is 0.204. The standard InChI is InChI=1S/C8H5BrClFO/c9-5-1-2-6(7(10)4-12)8(11)3-5/h1-4,7H. The van der Waals surface area contributed by atoms with Crippen molar-refractivity contribution in [1.29, 1.82) is 0 Å². The van der Waals surface area contributed by atoms with E-state index in [2.05, 4.69) is 15.9 Å². The highest BCUT2D eigenvalue weighted by Gasteiger charge is 2.11. The molecule has 4 heteroatoms. The molecule has 0 aromatic heterocycles. The second kappa shape index (κ2) is 4.01. The lowest BCUT2D eigenvalue weighted by atomic mass is 10.1. The van der Waals surface area contributed by atoms with Crippen LogP contribution in [0.2, 0.25) is 0 Å². The highest BCUT2D eigenvalue weighted by Crippen LogP contribution is 2.23. The molecule has 12 heavy (non-hydrogen) atoms. The first-order chi connectivity index (χ1) is 5.65. The fourth-order valence-corrected chi connectivity index (χ4v) is 1.31. The number of hydrogen-bond acceptors (Lipinski definition) is 1. The van der Waals surface area contributed by atoms with E-state index in [9.17, 15) is 9.18 Å². The molecule has 1 nitrogen and oxygen atoms in total. The third-order valence-electron chi connectivity index (χ3n) is 1.38. The van der Waals surface area contributed by atoms with Gasteiger partial charge in [-0.2, -0.15) is 0 Å². The molecule has 1 rings (SSSR count). The van der Waals surface area contributed by atoms with Crippen LogP contribution < -0.4 is 0 Å². The van der Waals surface area contributed by atoms with E-state index in [1.54, 1.807) is 6.07 Å². The largest absolute Gasteiger partial charge is 0.301 e. The van der Waals surface area contributed by atoms with Gasteiger partial charge in [-0.1, -0.05) is 22.0 Å². The molecule has 0 aliphatic rings. The van der Waals surface area contributed by atoms with Gasteiger partial charge < -0.3 is 4.79 Å². The fraction of sp³-hybridized carbons (Fsp3) is 0.125. The Balaban J connectivity index is 3.09. The van der Waals surface area contributed by atoms with Crippen LogP contribution in [-0.4, -0.2) is 6.29 Å². The predicted molar refractivity (Wildman–Crippen MR) is 48.8 cm³/mol. The molecule has 0 fully saturated rings. The van der Waals surface area contributed by atoms with Crippen LogP contribution in [-0.2, 0) is 4.79 Å². The van der Waals surface area contributed by atoms with Crippen LogP contribution in [0.5, 0.6) is 0 Å². The zero-order valence-electron chi connectivity index (χ0n) is 5.93. The predicted octanol–water partition coefficient (Wildman–Crippen LogP) is 3.07. The lowest BCUT2D eigenvalue weighted by Gasteiger charge is -2.03. The Kier molecular flexibility index (Phi) is 3.23. The van der Waals surface area contributed by atoms with Gasteiger partial charge in [0.25, 0.3) is 0 Å². The maximum absolute atomic E-state index is 13.0. The van der Waals surface area contributed by atoms with Gasteiger partial charge in [0.15, 0.2) is 0 Å². The van der Waals surface area contributed by atoms with Crippen molar-refractivity contribution in [2.75, 3.05) is 0 Å². The molecule has 0 heterocycles. The number of carbonyl (C=O) groups excluding carboxylic acids is 1. The number of carbonyl (C=O) groups is 1. The summed E-state index contributed by atoms with van der Waals surface area (Å²) in [5, 5.41) is -0.905. The SMILES string of the molecule is O=CC(Cl)c1ccc(Br)cc1F. The molecule has 1 aromatic rings. The Morgan fingerprint density at radius 3 is 2.75 bits per heavy atom. The number of rotatable bonds is 2. The molecule has 64 valence electrons. The average molecular weight is 251 g/mol. The van der Waals surface area contributed by atoms with Crippen LogP contribution in [0.15, 0.2) is 22.7 Å². The van der Waals surface area contributed by atoms with E-state index in [0.717, 1.165) is 0 Å². The fourth-order valence-electron chi connectivity index (χ4n) is 0.798. The molecule has 0 aliphatic carbocycles. The molecule has 0 saturated heterocycles. The van der Waals surface area contributed by atoms with E-state index in [1.165, 1.54) is 12.1 Å². The van der Waals surface area contributed by atoms with Gasteiger partial charge in [-0.25, -0.2) is 4.39 Å². The Morgan fingerprint density at radius 1 is 1.58 bits per heavy atom. The summed E-state index contributed by atoms with van der Waals surface area (Å²) in [7, 11) is 0. The van der Waals surface area contributed by atoms with Crippen molar-refractivity contribution >= 4 is 33.8 Å². The zero-order chi connectivity index (χ0) is 9.14. The molecule has 0 radical (unpaired) electrons. The monoisotopic (exact) mass is 250 g/mol. The van der Waals surface area contributed by atoms with Crippen molar-refractivity contribution in [1.82, 2.24) is 0 Å². The molecular weight excluding hydrogens is 246 g/mol. The van der Waals surface area contributed by atoms with Crippen molar-refractivity contribution in [3.05, 3.63) is 34.1 Å². The molecule has 1 aromatic carbocycles. The lowest BCUT2D eigenvalue weighted by Crippen LogP contribution is -1.95. The summed E-state index contributed by atoms with van der Waals surface area (Å²) in [6.07, 6.45) is 0.494. The van der Waals surface area contributed by atoms with Crippen LogP contribution >= 0.6 is 27.5 Å². The molecule has 1 unspecified atom stereocenters. The van der Waals surface area contributed by atoms with Crippen LogP contribution in [0, 0.1) is 5.82 Å². The molecule has 0 saturated carbocycles. The normalized spacial score (nSPS) is 12.6. The van der Waals surface area contributed by atoms with Crippen LogP contribution in [0.25, 0.3) is 0 Å². The van der Waals surface area contributed by atoms with Gasteiger partial charge in [0.1, 0.15) is 17.5 Å². The van der Waals surface area contributed by atoms with Crippen LogP contribution in [0.1, 0.15) is 10.9 Å². The van der Waals surface area contributed by atoms with Crippen molar-refractivity contribution < 1.29 is 9.18 Å². The molecule has 1 atom stereocenters. The van der Waals surface area contributed by atoms with Gasteiger partial charge in [0, 0.05) is 10.0 Å². The van der Waals surface area contributed by atoms with Gasteiger partial charge in [-0.15, -0.1) is 11.6 Å². The summed E-state index contributed by atoms with van der Waals surface area (Å²) < 4.78 is 13.6. The molecule has 0 bridgehead atoms. The van der Waals surface area contributed by atoms with Gasteiger partial charge in [-0.05, 0) is 12.1 Å². The number of alkyl halides is 1. The summed E-state index contributed by atoms with van der Waals surface area (Å²) >= 11 is 8.62. The summed E-state index contributed by atoms with van der Waals surface area (Å²) in [5.41, 5.74) is 0.204. The second-order valence-corrected chi connectivity index (χ2v) is 3.59. The van der Waals surface area contributed by atoms with E-state index < -0.39 is 11.2 Å². The first-order valence-electron chi connectivity index (χ1n) is 3.19. The van der Waals surface area contributed by atoms with Crippen LogP contribution in [0.3, 0.4) is 0 Å². The first-order valence-corrected chi connectivity index (χ1v) is 4.42. The highest BCUT2D eigenvalue weighted by atomic mass is 79.9. The van der Waals surface area contributed by atoms with E-state index in [-0.39, 0.29) is 5.56 Å². The minimum Gasteiger partial charge on any atom is -0.301 e. The van der Waals surface area contributed by atoms with E-state index in [4.69, 9.17) is 11.6 Å². The number of benzene rings is 1. The zero-order valence-corrected chi connectivity index (χ0v) is 8.27. The highest BCUT2D eigenvalue weighted by molar-refractivity contribution is 9.10. The number of hydrogen-bond donors (Lipinski definition) is 0. The van der Waals surface area contributed by atoms with Gasteiger partial charge in [-0.3, -0.25) is 0 Å². The summed E-state index contributed by atoms with van der Waals surface area (Å²) in [5.74, 6) is -0.475. The Morgan fingerprint density at radius 2 is 2.25 bits per heavy atom. The van der Waals surface area contributed by atoms with Gasteiger partial charge in [0.05, 0.1) is 0 Å². The molecule has 0 aliphatic heterocycles. The topological polar surface area (TPSA) is 17.1 Å². The number of aldehydes is 1. The van der Waals surface area contributed by atoms with Crippen molar-refractivity contribution in [2.45, 2.75) is 5.38 Å². The van der Waals surface area contributed by atoms with Gasteiger partial charge >= 0.3 is 0 Å². The van der Waals surface area contributed by atoms with Crippen molar-refractivity contribution in [3.63, 3.8) is 0 Å². The maximum atomic E-state index is 13.0. The van der Waals surface area contributed by atoms with E-state index >= 15 is 0 Å². The molecule has 0 N–H and O–H groups in total. The third-order valence-corrected chi connectivity index (χ3v) is 2.21. The van der Waals surface area contributed by atoms with Crippen molar-refractivity contribution in [3.8, 4) is 0 Å². The first kappa shape index (κ1) is 9.68. The maximum Gasteiger partial charge on any atom is 0.142 e. The van der Waals surface area contributed by atoms with Gasteiger partial charge in [0.2, 0.25) is 0 Å². The molecule has 0 amide bonds. The Hall–Kier alpha value is -0.410.